The second-order valence-electron chi connectivity index (χ2n) is 4.19. The molecule has 0 spiro atoms. The van der Waals surface area contributed by atoms with Crippen LogP contribution in [0, 0.1) is 6.92 Å². The maximum absolute atomic E-state index is 6.09. The third-order valence-electron chi connectivity index (χ3n) is 2.61. The van der Waals surface area contributed by atoms with Crippen LogP contribution < -0.4 is 5.32 Å². The number of aryl methyl sites for hydroxylation is 1. The average molecular weight is 284 g/mol. The lowest BCUT2D eigenvalue weighted by molar-refractivity contribution is 0.554. The first-order valence-corrected chi connectivity index (χ1v) is 6.54. The minimum absolute atomic E-state index is 0.663. The summed E-state index contributed by atoms with van der Waals surface area (Å²) in [5.74, 6) is 0. The van der Waals surface area contributed by atoms with Crippen molar-refractivity contribution >= 4 is 23.2 Å². The third kappa shape index (κ3) is 3.73. The number of halogens is 2. The van der Waals surface area contributed by atoms with Crippen molar-refractivity contribution in [2.45, 2.75) is 20.0 Å². The average Bonchev–Trinajstić information content (AvgIpc) is 2.73. The van der Waals surface area contributed by atoms with Crippen LogP contribution in [0.3, 0.4) is 0 Å². The highest BCUT2D eigenvalue weighted by molar-refractivity contribution is 6.35. The van der Waals surface area contributed by atoms with Crippen molar-refractivity contribution < 1.29 is 0 Å². The zero-order chi connectivity index (χ0) is 13.0. The molecule has 1 aromatic carbocycles. The van der Waals surface area contributed by atoms with E-state index in [9.17, 15) is 0 Å². The Kier molecular flexibility index (Phi) is 4.64. The summed E-state index contributed by atoms with van der Waals surface area (Å²) in [6.07, 6.45) is 3.88. The fraction of sp³-hybridized carbons (Fsp3) is 0.308. The fourth-order valence-electron chi connectivity index (χ4n) is 1.67. The monoisotopic (exact) mass is 283 g/mol. The quantitative estimate of drug-likeness (QED) is 0.854. The van der Waals surface area contributed by atoms with Crippen molar-refractivity contribution in [1.29, 1.82) is 0 Å². The number of nitrogens with one attached hydrogen (secondary N) is 1. The maximum atomic E-state index is 6.09. The summed E-state index contributed by atoms with van der Waals surface area (Å²) in [5.41, 5.74) is 2.23. The Balaban J connectivity index is 1.78. The van der Waals surface area contributed by atoms with Gasteiger partial charge in [0.2, 0.25) is 0 Å². The fourth-order valence-corrected chi connectivity index (χ4v) is 2.15. The molecular weight excluding hydrogens is 269 g/mol. The van der Waals surface area contributed by atoms with Crippen LogP contribution in [0.5, 0.6) is 0 Å². The van der Waals surface area contributed by atoms with E-state index in [-0.39, 0.29) is 0 Å². The van der Waals surface area contributed by atoms with Gasteiger partial charge in [0.1, 0.15) is 0 Å². The van der Waals surface area contributed by atoms with Gasteiger partial charge in [-0.1, -0.05) is 29.3 Å². The van der Waals surface area contributed by atoms with Crippen LogP contribution in [0.1, 0.15) is 11.1 Å². The maximum Gasteiger partial charge on any atom is 0.0534 e. The van der Waals surface area contributed by atoms with Crippen LogP contribution in [0.4, 0.5) is 0 Å². The Labute approximate surface area is 117 Å². The molecule has 18 heavy (non-hydrogen) atoms. The number of aromatic nitrogens is 2. The topological polar surface area (TPSA) is 29.9 Å². The highest BCUT2D eigenvalue weighted by atomic mass is 35.5. The Morgan fingerprint density at radius 2 is 2.17 bits per heavy atom. The Morgan fingerprint density at radius 3 is 2.83 bits per heavy atom. The summed E-state index contributed by atoms with van der Waals surface area (Å²) in [5, 5.41) is 8.92. The van der Waals surface area contributed by atoms with Gasteiger partial charge >= 0.3 is 0 Å². The van der Waals surface area contributed by atoms with Gasteiger partial charge in [-0.25, -0.2) is 0 Å². The Hall–Kier alpha value is -1.03. The first-order valence-electron chi connectivity index (χ1n) is 5.79. The van der Waals surface area contributed by atoms with Gasteiger partial charge < -0.3 is 5.32 Å². The summed E-state index contributed by atoms with van der Waals surface area (Å²) >= 11 is 11.9. The molecule has 2 rings (SSSR count). The Bertz CT molecular complexity index is 523. The van der Waals surface area contributed by atoms with Crippen molar-refractivity contribution in [3.8, 4) is 0 Å². The Morgan fingerprint density at radius 1 is 1.33 bits per heavy atom. The van der Waals surface area contributed by atoms with E-state index in [2.05, 4.69) is 10.4 Å². The summed E-state index contributed by atoms with van der Waals surface area (Å²) in [6.45, 7) is 4.46. The third-order valence-corrected chi connectivity index (χ3v) is 3.20. The van der Waals surface area contributed by atoms with E-state index in [1.165, 1.54) is 5.56 Å². The van der Waals surface area contributed by atoms with Gasteiger partial charge in [-0.3, -0.25) is 4.68 Å². The van der Waals surface area contributed by atoms with Crippen molar-refractivity contribution in [3.63, 3.8) is 0 Å². The first-order chi connectivity index (χ1) is 8.65. The van der Waals surface area contributed by atoms with E-state index in [1.54, 1.807) is 6.07 Å². The van der Waals surface area contributed by atoms with E-state index in [0.717, 1.165) is 25.2 Å². The molecule has 0 aliphatic rings. The van der Waals surface area contributed by atoms with Crippen molar-refractivity contribution in [2.24, 2.45) is 0 Å². The molecule has 0 atom stereocenters. The highest BCUT2D eigenvalue weighted by Gasteiger charge is 2.00. The SMILES string of the molecule is Cc1cnn(CCNCc2ccc(Cl)cc2Cl)c1. The summed E-state index contributed by atoms with van der Waals surface area (Å²) in [7, 11) is 0. The zero-order valence-corrected chi connectivity index (χ0v) is 11.7. The predicted octanol–water partition coefficient (Wildman–Crippen LogP) is 3.29. The van der Waals surface area contributed by atoms with E-state index in [0.29, 0.717) is 10.0 Å². The summed E-state index contributed by atoms with van der Waals surface area (Å²) in [4.78, 5) is 0. The molecule has 1 aromatic heterocycles. The molecular formula is C13H15Cl2N3. The molecule has 0 unspecified atom stereocenters. The molecule has 3 nitrogen and oxygen atoms in total. The van der Waals surface area contributed by atoms with Crippen LogP contribution >= 0.6 is 23.2 Å². The van der Waals surface area contributed by atoms with Crippen LogP contribution in [-0.2, 0) is 13.1 Å². The minimum Gasteiger partial charge on any atom is -0.311 e. The molecule has 0 radical (unpaired) electrons. The van der Waals surface area contributed by atoms with E-state index in [4.69, 9.17) is 23.2 Å². The lowest BCUT2D eigenvalue weighted by atomic mass is 10.2. The number of hydrogen-bond acceptors (Lipinski definition) is 2. The zero-order valence-electron chi connectivity index (χ0n) is 10.2. The van der Waals surface area contributed by atoms with Crippen LogP contribution in [0.15, 0.2) is 30.6 Å². The second kappa shape index (κ2) is 6.23. The van der Waals surface area contributed by atoms with Gasteiger partial charge in [0.15, 0.2) is 0 Å². The highest BCUT2D eigenvalue weighted by Crippen LogP contribution is 2.20. The number of hydrogen-bond donors (Lipinski definition) is 1. The lowest BCUT2D eigenvalue weighted by Gasteiger charge is -2.07. The van der Waals surface area contributed by atoms with Gasteiger partial charge in [-0.2, -0.15) is 5.10 Å². The molecule has 0 fully saturated rings. The van der Waals surface area contributed by atoms with Gasteiger partial charge in [0.05, 0.1) is 12.7 Å². The summed E-state index contributed by atoms with van der Waals surface area (Å²) < 4.78 is 1.92. The standard InChI is InChI=1S/C13H15Cl2N3/c1-10-7-17-18(9-10)5-4-16-8-11-2-3-12(14)6-13(11)15/h2-3,6-7,9,16H,4-5,8H2,1H3. The number of nitrogens with zero attached hydrogens (tertiary/aromatic N) is 2. The summed E-state index contributed by atoms with van der Waals surface area (Å²) in [6, 6.07) is 5.55. The van der Waals surface area contributed by atoms with Crippen LogP contribution in [-0.4, -0.2) is 16.3 Å². The van der Waals surface area contributed by atoms with E-state index in [1.807, 2.05) is 36.1 Å². The molecule has 0 saturated carbocycles. The van der Waals surface area contributed by atoms with E-state index < -0.39 is 0 Å². The molecule has 0 amide bonds. The van der Waals surface area contributed by atoms with Gasteiger partial charge in [0, 0.05) is 29.3 Å². The molecule has 5 heteroatoms. The molecule has 2 aromatic rings. The van der Waals surface area contributed by atoms with Crippen LogP contribution in [0.2, 0.25) is 10.0 Å². The molecule has 96 valence electrons. The largest absolute Gasteiger partial charge is 0.311 e. The van der Waals surface area contributed by atoms with Gasteiger partial charge in [-0.05, 0) is 30.2 Å². The predicted molar refractivity (Wildman–Crippen MR) is 75.1 cm³/mol. The van der Waals surface area contributed by atoms with Crippen molar-refractivity contribution in [3.05, 3.63) is 51.8 Å². The van der Waals surface area contributed by atoms with Crippen molar-refractivity contribution in [1.82, 2.24) is 15.1 Å². The molecule has 0 saturated heterocycles. The van der Waals surface area contributed by atoms with Gasteiger partial charge in [0.25, 0.3) is 0 Å². The van der Waals surface area contributed by atoms with Gasteiger partial charge in [-0.15, -0.1) is 0 Å². The normalized spacial score (nSPS) is 10.8. The number of rotatable bonds is 5. The minimum atomic E-state index is 0.663. The molecule has 1 N–H and O–H groups in total. The molecule has 1 heterocycles. The molecule has 0 aliphatic heterocycles. The van der Waals surface area contributed by atoms with E-state index >= 15 is 0 Å². The molecule has 0 bridgehead atoms. The lowest BCUT2D eigenvalue weighted by Crippen LogP contribution is -2.19. The first kappa shape index (κ1) is 13.4. The number of benzene rings is 1. The smallest absolute Gasteiger partial charge is 0.0534 e. The second-order valence-corrected chi connectivity index (χ2v) is 5.04. The van der Waals surface area contributed by atoms with Crippen LogP contribution in [0.25, 0.3) is 0 Å². The van der Waals surface area contributed by atoms with Crippen molar-refractivity contribution in [2.75, 3.05) is 6.54 Å². The molecule has 0 aliphatic carbocycles.